The van der Waals surface area contributed by atoms with Crippen LogP contribution in [0.5, 0.6) is 0 Å². The molecule has 0 aromatic rings. The number of hydrogen-bond donors (Lipinski definition) is 0. The molecule has 0 amide bonds. The van der Waals surface area contributed by atoms with Crippen LogP contribution in [0.4, 0.5) is 0 Å². The van der Waals surface area contributed by atoms with Crippen LogP contribution in [0.25, 0.3) is 0 Å². The van der Waals surface area contributed by atoms with Crippen molar-refractivity contribution in [3.63, 3.8) is 0 Å². The van der Waals surface area contributed by atoms with Crippen LogP contribution in [-0.4, -0.2) is 16.1 Å². The van der Waals surface area contributed by atoms with E-state index in [9.17, 15) is 0 Å². The molecule has 0 saturated heterocycles. The summed E-state index contributed by atoms with van der Waals surface area (Å²) in [5.41, 5.74) is 0.724. The Balaban J connectivity index is 2.96. The topological polar surface area (TPSA) is 0 Å². The van der Waals surface area contributed by atoms with Gasteiger partial charge < -0.3 is 0 Å². The maximum Gasteiger partial charge on any atom is 0.0795 e. The molecule has 0 saturated carbocycles. The van der Waals surface area contributed by atoms with Crippen molar-refractivity contribution in [2.75, 3.05) is 0 Å². The zero-order chi connectivity index (χ0) is 13.1. The first-order chi connectivity index (χ1) is 7.85. The molecule has 1 rings (SSSR count). The molecule has 0 nitrogen and oxygen atoms in total. The predicted molar refractivity (Wildman–Crippen MR) is 85.9 cm³/mol. The quantitative estimate of drug-likeness (QED) is 0.457. The lowest BCUT2D eigenvalue weighted by Crippen LogP contribution is -2.39. The normalized spacial score (nSPS) is 20.2. The SMILES string of the molecule is C=CC[Si](C)(C)C1=CC=CC1[Si](C)(C)CC=C. The fourth-order valence-corrected chi connectivity index (χ4v) is 10.1. The molecular weight excluding hydrogens is 236 g/mol. The monoisotopic (exact) mass is 262 g/mol. The zero-order valence-electron chi connectivity index (χ0n) is 11.8. The highest BCUT2D eigenvalue weighted by Crippen LogP contribution is 2.42. The predicted octanol–water partition coefficient (Wildman–Crippen LogP) is 5.18. The van der Waals surface area contributed by atoms with Crippen molar-refractivity contribution < 1.29 is 0 Å². The Labute approximate surface area is 109 Å². The van der Waals surface area contributed by atoms with Crippen LogP contribution in [0.2, 0.25) is 43.8 Å². The fourth-order valence-electron chi connectivity index (χ4n) is 2.78. The highest BCUT2D eigenvalue weighted by molar-refractivity contribution is 6.90. The van der Waals surface area contributed by atoms with Gasteiger partial charge in [0.05, 0.1) is 16.1 Å². The Kier molecular flexibility index (Phi) is 4.56. The third-order valence-electron chi connectivity index (χ3n) is 3.86. The standard InChI is InChI=1S/C15H26Si2/c1-7-12-16(3,4)14-10-9-11-15(14)17(5,6)13-8-2/h7-11,14H,1-2,12-13H2,3-6H3. The van der Waals surface area contributed by atoms with E-state index in [1.54, 1.807) is 5.20 Å². The summed E-state index contributed by atoms with van der Waals surface area (Å²) in [5.74, 6) is 0. The first-order valence-electron chi connectivity index (χ1n) is 6.46. The van der Waals surface area contributed by atoms with Gasteiger partial charge in [-0.1, -0.05) is 61.8 Å². The van der Waals surface area contributed by atoms with Crippen LogP contribution in [-0.2, 0) is 0 Å². The van der Waals surface area contributed by atoms with Crippen LogP contribution < -0.4 is 0 Å². The van der Waals surface area contributed by atoms with Gasteiger partial charge in [0.1, 0.15) is 0 Å². The Morgan fingerprint density at radius 2 is 1.71 bits per heavy atom. The largest absolute Gasteiger partial charge is 0.103 e. The molecule has 0 aromatic carbocycles. The van der Waals surface area contributed by atoms with Gasteiger partial charge in [-0.25, -0.2) is 0 Å². The molecule has 0 aromatic heterocycles. The van der Waals surface area contributed by atoms with Gasteiger partial charge in [0.25, 0.3) is 0 Å². The Morgan fingerprint density at radius 1 is 1.12 bits per heavy atom. The average Bonchev–Trinajstić information content (AvgIpc) is 2.66. The number of allylic oxidation sites excluding steroid dienone is 6. The molecule has 0 radical (unpaired) electrons. The van der Waals surface area contributed by atoms with E-state index >= 15 is 0 Å². The highest BCUT2D eigenvalue weighted by atomic mass is 28.3. The second-order valence-corrected chi connectivity index (χ2v) is 16.1. The summed E-state index contributed by atoms with van der Waals surface area (Å²) in [6, 6.07) is 2.40. The second-order valence-electron chi connectivity index (χ2n) is 6.34. The lowest BCUT2D eigenvalue weighted by atomic mass is 10.4. The first-order valence-corrected chi connectivity index (χ1v) is 12.9. The van der Waals surface area contributed by atoms with E-state index in [4.69, 9.17) is 0 Å². The summed E-state index contributed by atoms with van der Waals surface area (Å²) in [6.45, 7) is 17.8. The van der Waals surface area contributed by atoms with E-state index in [0.717, 1.165) is 5.54 Å². The first kappa shape index (κ1) is 14.5. The molecule has 0 bridgehead atoms. The molecule has 0 N–H and O–H groups in total. The summed E-state index contributed by atoms with van der Waals surface area (Å²) in [4.78, 5) is 0. The van der Waals surface area contributed by atoms with Gasteiger partial charge in [0, 0.05) is 0 Å². The molecule has 0 spiro atoms. The van der Waals surface area contributed by atoms with Crippen LogP contribution in [0, 0.1) is 0 Å². The minimum atomic E-state index is -1.29. The molecular formula is C15H26Si2. The van der Waals surface area contributed by atoms with Crippen molar-refractivity contribution in [2.45, 2.75) is 43.8 Å². The third-order valence-corrected chi connectivity index (χ3v) is 11.0. The molecule has 94 valence electrons. The molecule has 1 unspecified atom stereocenters. The van der Waals surface area contributed by atoms with Crippen LogP contribution >= 0.6 is 0 Å². The van der Waals surface area contributed by atoms with Crippen LogP contribution in [0.3, 0.4) is 0 Å². The Morgan fingerprint density at radius 3 is 2.24 bits per heavy atom. The smallest absolute Gasteiger partial charge is 0.0795 e. The Hall–Kier alpha value is -0.606. The molecule has 0 fully saturated rings. The average molecular weight is 263 g/mol. The molecule has 0 aliphatic heterocycles. The zero-order valence-corrected chi connectivity index (χ0v) is 13.8. The molecule has 1 aliphatic carbocycles. The van der Waals surface area contributed by atoms with E-state index in [2.05, 4.69) is 69.7 Å². The minimum Gasteiger partial charge on any atom is -0.103 e. The molecule has 17 heavy (non-hydrogen) atoms. The van der Waals surface area contributed by atoms with Crippen molar-refractivity contribution in [3.8, 4) is 0 Å². The molecule has 2 heteroatoms. The number of rotatable bonds is 6. The van der Waals surface area contributed by atoms with Gasteiger partial charge >= 0.3 is 0 Å². The lowest BCUT2D eigenvalue weighted by Gasteiger charge is -2.36. The number of hydrogen-bond acceptors (Lipinski definition) is 0. The summed E-state index contributed by atoms with van der Waals surface area (Å²) in [7, 11) is -2.54. The maximum atomic E-state index is 3.93. The van der Waals surface area contributed by atoms with Crippen molar-refractivity contribution in [1.82, 2.24) is 0 Å². The molecule has 0 heterocycles. The fraction of sp³-hybridized carbons (Fsp3) is 0.467. The Bertz CT molecular complexity index is 359. The van der Waals surface area contributed by atoms with E-state index < -0.39 is 16.1 Å². The van der Waals surface area contributed by atoms with E-state index in [1.807, 2.05) is 0 Å². The van der Waals surface area contributed by atoms with Crippen molar-refractivity contribution in [3.05, 3.63) is 48.7 Å². The second kappa shape index (κ2) is 5.36. The van der Waals surface area contributed by atoms with Gasteiger partial charge in [-0.2, -0.15) is 0 Å². The molecule has 1 atom stereocenters. The van der Waals surface area contributed by atoms with Gasteiger partial charge in [0.15, 0.2) is 0 Å². The third kappa shape index (κ3) is 3.20. The van der Waals surface area contributed by atoms with Gasteiger partial charge in [-0.05, 0) is 17.6 Å². The van der Waals surface area contributed by atoms with E-state index in [0.29, 0.717) is 0 Å². The minimum absolute atomic E-state index is 0.724. The summed E-state index contributed by atoms with van der Waals surface area (Å²) in [5, 5.41) is 1.73. The van der Waals surface area contributed by atoms with Gasteiger partial charge in [-0.15, -0.1) is 13.2 Å². The van der Waals surface area contributed by atoms with Crippen LogP contribution in [0.15, 0.2) is 48.7 Å². The maximum absolute atomic E-state index is 3.93. The van der Waals surface area contributed by atoms with Gasteiger partial charge in [0.2, 0.25) is 0 Å². The van der Waals surface area contributed by atoms with Crippen molar-refractivity contribution >= 4 is 16.1 Å². The summed E-state index contributed by atoms with van der Waals surface area (Å²) >= 11 is 0. The summed E-state index contributed by atoms with van der Waals surface area (Å²) < 4.78 is 0. The van der Waals surface area contributed by atoms with E-state index in [-0.39, 0.29) is 0 Å². The van der Waals surface area contributed by atoms with Crippen molar-refractivity contribution in [2.24, 2.45) is 0 Å². The highest BCUT2D eigenvalue weighted by Gasteiger charge is 2.39. The van der Waals surface area contributed by atoms with Crippen molar-refractivity contribution in [1.29, 1.82) is 0 Å². The lowest BCUT2D eigenvalue weighted by molar-refractivity contribution is 1.20. The van der Waals surface area contributed by atoms with Gasteiger partial charge in [-0.3, -0.25) is 0 Å². The summed E-state index contributed by atoms with van der Waals surface area (Å²) in [6.07, 6.45) is 11.3. The molecule has 1 aliphatic rings. The van der Waals surface area contributed by atoms with E-state index in [1.165, 1.54) is 12.1 Å². The van der Waals surface area contributed by atoms with Crippen LogP contribution in [0.1, 0.15) is 0 Å².